The fraction of sp³-hybridized carbons (Fsp3) is 0. The van der Waals surface area contributed by atoms with E-state index in [2.05, 4.69) is 37.2 Å². The van der Waals surface area contributed by atoms with Crippen LogP contribution in [-0.4, -0.2) is 17.5 Å². The number of halogens is 2. The predicted octanol–water partition coefficient (Wildman–Crippen LogP) is 5.24. The molecule has 0 atom stereocenters. The zero-order chi connectivity index (χ0) is 19.1. The van der Waals surface area contributed by atoms with Crippen molar-refractivity contribution in [2.45, 2.75) is 0 Å². The highest BCUT2D eigenvalue weighted by atomic mass is 79.9. The molecule has 1 N–H and O–H groups in total. The van der Waals surface area contributed by atoms with Crippen LogP contribution < -0.4 is 5.32 Å². The predicted molar refractivity (Wildman–Crippen MR) is 110 cm³/mol. The fourth-order valence-corrected chi connectivity index (χ4v) is 4.56. The lowest BCUT2D eigenvalue weighted by Gasteiger charge is -2.22. The van der Waals surface area contributed by atoms with Crippen LogP contribution in [0.3, 0.4) is 0 Å². The van der Waals surface area contributed by atoms with Gasteiger partial charge in [-0.1, -0.05) is 42.5 Å². The Balaban J connectivity index is 1.89. The first-order valence-corrected chi connectivity index (χ1v) is 9.64. The van der Waals surface area contributed by atoms with Gasteiger partial charge >= 0.3 is 0 Å². The molecule has 0 fully saturated rings. The molecule has 3 aromatic carbocycles. The molecule has 0 aliphatic heterocycles. The van der Waals surface area contributed by atoms with E-state index in [9.17, 15) is 14.4 Å². The Morgan fingerprint density at radius 3 is 1.93 bits per heavy atom. The van der Waals surface area contributed by atoms with Crippen molar-refractivity contribution in [3.8, 4) is 0 Å². The van der Waals surface area contributed by atoms with Crippen molar-refractivity contribution >= 4 is 55.0 Å². The molecule has 0 saturated carbocycles. The number of benzene rings is 3. The van der Waals surface area contributed by atoms with Gasteiger partial charge in [-0.15, -0.1) is 0 Å². The molecule has 1 aliphatic carbocycles. The van der Waals surface area contributed by atoms with Crippen LogP contribution in [-0.2, 0) is 0 Å². The van der Waals surface area contributed by atoms with E-state index in [1.165, 1.54) is 0 Å². The fourth-order valence-electron chi connectivity index (χ4n) is 3.11. The molecular formula is C21H11Br2NO3. The third-order valence-electron chi connectivity index (χ3n) is 4.38. The Bertz CT molecular complexity index is 1120. The SMILES string of the molecule is O=C(Nc1c(Br)cc(Br)c2c1C(=O)c1ccccc1C2=O)c1ccccc1. The van der Waals surface area contributed by atoms with Crippen LogP contribution in [0.4, 0.5) is 5.69 Å². The summed E-state index contributed by atoms with van der Waals surface area (Å²) in [6.07, 6.45) is 0. The van der Waals surface area contributed by atoms with Crippen LogP contribution in [0.25, 0.3) is 0 Å². The maximum absolute atomic E-state index is 13.2. The first-order valence-electron chi connectivity index (χ1n) is 8.06. The number of nitrogens with one attached hydrogen (secondary N) is 1. The van der Waals surface area contributed by atoms with Crippen molar-refractivity contribution in [3.05, 3.63) is 97.4 Å². The summed E-state index contributed by atoms with van der Waals surface area (Å²) in [6, 6.07) is 17.0. The van der Waals surface area contributed by atoms with Crippen molar-refractivity contribution in [1.29, 1.82) is 0 Å². The van der Waals surface area contributed by atoms with Crippen molar-refractivity contribution < 1.29 is 14.4 Å². The Kier molecular flexibility index (Phi) is 4.53. The first kappa shape index (κ1) is 17.8. The van der Waals surface area contributed by atoms with E-state index in [4.69, 9.17) is 0 Å². The van der Waals surface area contributed by atoms with Crippen molar-refractivity contribution in [2.75, 3.05) is 5.32 Å². The number of rotatable bonds is 2. The van der Waals surface area contributed by atoms with Crippen LogP contribution >= 0.6 is 31.9 Å². The third-order valence-corrected chi connectivity index (χ3v) is 5.63. The van der Waals surface area contributed by atoms with Crippen LogP contribution in [0.5, 0.6) is 0 Å². The van der Waals surface area contributed by atoms with Crippen LogP contribution in [0.2, 0.25) is 0 Å². The van der Waals surface area contributed by atoms with Crippen LogP contribution in [0, 0.1) is 0 Å². The monoisotopic (exact) mass is 483 g/mol. The van der Waals surface area contributed by atoms with Gasteiger partial charge in [0.1, 0.15) is 0 Å². The van der Waals surface area contributed by atoms with Crippen molar-refractivity contribution in [3.63, 3.8) is 0 Å². The number of anilines is 1. The van der Waals surface area contributed by atoms with Gasteiger partial charge in [0, 0.05) is 25.6 Å². The average Bonchev–Trinajstić information content (AvgIpc) is 2.68. The summed E-state index contributed by atoms with van der Waals surface area (Å²) in [7, 11) is 0. The summed E-state index contributed by atoms with van der Waals surface area (Å²) in [5.41, 5.74) is 1.87. The van der Waals surface area contributed by atoms with Gasteiger partial charge in [0.2, 0.25) is 0 Å². The molecule has 0 aromatic heterocycles. The number of hydrogen-bond acceptors (Lipinski definition) is 3. The molecular weight excluding hydrogens is 474 g/mol. The van der Waals surface area contributed by atoms with Gasteiger partial charge in [0.25, 0.3) is 5.91 Å². The van der Waals surface area contributed by atoms with Gasteiger partial charge in [0.05, 0.1) is 16.8 Å². The van der Waals surface area contributed by atoms with Gasteiger partial charge in [-0.3, -0.25) is 14.4 Å². The van der Waals surface area contributed by atoms with Crippen LogP contribution in [0.1, 0.15) is 42.2 Å². The molecule has 4 rings (SSSR count). The molecule has 0 heterocycles. The molecule has 3 aromatic rings. The summed E-state index contributed by atoms with van der Waals surface area (Å²) in [6.45, 7) is 0. The van der Waals surface area contributed by atoms with E-state index < -0.39 is 0 Å². The summed E-state index contributed by atoms with van der Waals surface area (Å²) in [5.74, 6) is -0.916. The molecule has 1 aliphatic rings. The van der Waals surface area contributed by atoms with E-state index in [-0.39, 0.29) is 34.3 Å². The summed E-state index contributed by atoms with van der Waals surface area (Å²) >= 11 is 6.79. The zero-order valence-electron chi connectivity index (χ0n) is 13.8. The number of fused-ring (bicyclic) bond motifs is 2. The van der Waals surface area contributed by atoms with E-state index in [0.717, 1.165) is 0 Å². The van der Waals surface area contributed by atoms with E-state index >= 15 is 0 Å². The molecule has 27 heavy (non-hydrogen) atoms. The zero-order valence-corrected chi connectivity index (χ0v) is 16.9. The topological polar surface area (TPSA) is 63.2 Å². The van der Waals surface area contributed by atoms with E-state index in [0.29, 0.717) is 25.6 Å². The third kappa shape index (κ3) is 2.95. The Hall–Kier alpha value is -2.57. The van der Waals surface area contributed by atoms with Gasteiger partial charge in [0.15, 0.2) is 11.6 Å². The lowest BCUT2D eigenvalue weighted by Crippen LogP contribution is -2.24. The van der Waals surface area contributed by atoms with Crippen molar-refractivity contribution in [2.24, 2.45) is 0 Å². The second kappa shape index (κ2) is 6.87. The highest BCUT2D eigenvalue weighted by Crippen LogP contribution is 2.40. The first-order chi connectivity index (χ1) is 13.0. The van der Waals surface area contributed by atoms with E-state index in [1.54, 1.807) is 54.6 Å². The number of ketones is 2. The van der Waals surface area contributed by atoms with Gasteiger partial charge in [-0.25, -0.2) is 0 Å². The minimum atomic E-state index is -0.361. The Labute approximate surface area is 171 Å². The largest absolute Gasteiger partial charge is 0.320 e. The quantitative estimate of drug-likeness (QED) is 0.423. The normalized spacial score (nSPS) is 12.4. The highest BCUT2D eigenvalue weighted by Gasteiger charge is 2.34. The minimum Gasteiger partial charge on any atom is -0.320 e. The molecule has 1 amide bonds. The molecule has 0 unspecified atom stereocenters. The number of carbonyl (C=O) groups is 3. The molecule has 0 spiro atoms. The number of hydrogen-bond donors (Lipinski definition) is 1. The molecule has 0 radical (unpaired) electrons. The highest BCUT2D eigenvalue weighted by molar-refractivity contribution is 9.11. The summed E-state index contributed by atoms with van der Waals surface area (Å²) in [4.78, 5) is 38.8. The second-order valence-corrected chi connectivity index (χ2v) is 7.70. The Morgan fingerprint density at radius 1 is 0.741 bits per heavy atom. The van der Waals surface area contributed by atoms with Crippen molar-refractivity contribution in [1.82, 2.24) is 0 Å². The summed E-state index contributed by atoms with van der Waals surface area (Å²) < 4.78 is 1.01. The van der Waals surface area contributed by atoms with Gasteiger partial charge in [-0.2, -0.15) is 0 Å². The minimum absolute atomic E-state index is 0.184. The van der Waals surface area contributed by atoms with Crippen LogP contribution in [0.15, 0.2) is 69.6 Å². The smallest absolute Gasteiger partial charge is 0.255 e. The second-order valence-electron chi connectivity index (χ2n) is 5.99. The molecule has 0 saturated heterocycles. The lowest BCUT2D eigenvalue weighted by atomic mass is 9.83. The molecule has 0 bridgehead atoms. The van der Waals surface area contributed by atoms with E-state index in [1.807, 2.05) is 6.07 Å². The molecule has 6 heteroatoms. The summed E-state index contributed by atoms with van der Waals surface area (Å²) in [5, 5.41) is 2.78. The maximum atomic E-state index is 13.2. The Morgan fingerprint density at radius 2 is 1.30 bits per heavy atom. The average molecular weight is 485 g/mol. The molecule has 4 nitrogen and oxygen atoms in total. The van der Waals surface area contributed by atoms with Gasteiger partial charge < -0.3 is 5.32 Å². The number of amides is 1. The molecule has 132 valence electrons. The number of carbonyl (C=O) groups excluding carboxylic acids is 3. The lowest BCUT2D eigenvalue weighted by molar-refractivity contribution is 0.0978. The van der Waals surface area contributed by atoms with Gasteiger partial charge in [-0.05, 0) is 50.1 Å². The standard InChI is InChI=1S/C21H11Br2NO3/c22-14-10-15(23)18(24-21(27)11-6-2-1-3-7-11)17-16(14)19(25)12-8-4-5-9-13(12)20(17)26/h1-10H,(H,24,27). The maximum Gasteiger partial charge on any atom is 0.255 e.